The van der Waals surface area contributed by atoms with E-state index in [4.69, 9.17) is 0 Å². The topological polar surface area (TPSA) is 28.2 Å². The van der Waals surface area contributed by atoms with Crippen LogP contribution in [0.25, 0.3) is 0 Å². The predicted molar refractivity (Wildman–Crippen MR) is 89.7 cm³/mol. The number of rotatable bonds is 5. The maximum Gasteiger partial charge on any atom is 0.133 e. The van der Waals surface area contributed by atoms with E-state index in [2.05, 4.69) is 60.7 Å². The summed E-state index contributed by atoms with van der Waals surface area (Å²) in [5.74, 6) is 2.34. The van der Waals surface area contributed by atoms with Gasteiger partial charge >= 0.3 is 0 Å². The Kier molecular flexibility index (Phi) is 5.33. The lowest BCUT2D eigenvalue weighted by atomic mass is 10.1. The first-order valence-electron chi connectivity index (χ1n) is 7.60. The molecule has 1 saturated heterocycles. The van der Waals surface area contributed by atoms with Crippen LogP contribution in [0.15, 0.2) is 18.3 Å². The Morgan fingerprint density at radius 3 is 3.00 bits per heavy atom. The van der Waals surface area contributed by atoms with Crippen molar-refractivity contribution >= 4 is 17.6 Å². The van der Waals surface area contributed by atoms with E-state index in [1.807, 2.05) is 12.3 Å². The van der Waals surface area contributed by atoms with Crippen molar-refractivity contribution in [1.82, 2.24) is 10.3 Å². The number of pyridine rings is 1. The molecular weight excluding hydrogens is 266 g/mol. The first-order chi connectivity index (χ1) is 9.53. The summed E-state index contributed by atoms with van der Waals surface area (Å²) in [7, 11) is 0. The number of hydrogen-bond donors (Lipinski definition) is 1. The molecule has 1 aliphatic heterocycles. The van der Waals surface area contributed by atoms with Crippen molar-refractivity contribution in [2.75, 3.05) is 30.3 Å². The van der Waals surface area contributed by atoms with Gasteiger partial charge in [-0.05, 0) is 39.8 Å². The Balaban J connectivity index is 2.18. The molecule has 1 atom stereocenters. The molecule has 1 aromatic rings. The van der Waals surface area contributed by atoms with Crippen molar-refractivity contribution in [3.63, 3.8) is 0 Å². The molecule has 0 amide bonds. The van der Waals surface area contributed by atoms with E-state index in [0.717, 1.165) is 31.9 Å². The summed E-state index contributed by atoms with van der Waals surface area (Å²) in [5, 5.41) is 3.58. The average Bonchev–Trinajstić information content (AvgIpc) is 2.43. The maximum atomic E-state index is 4.67. The molecule has 1 aromatic heterocycles. The van der Waals surface area contributed by atoms with Crippen LogP contribution in [0.5, 0.6) is 0 Å². The lowest BCUT2D eigenvalue weighted by molar-refractivity contribution is 0.563. The number of thioether (sulfide) groups is 1. The molecular formula is C16H27N3S. The molecule has 0 saturated carbocycles. The number of aromatic nitrogens is 1. The fourth-order valence-electron chi connectivity index (χ4n) is 2.68. The summed E-state index contributed by atoms with van der Waals surface area (Å²) in [6.45, 7) is 12.3. The molecule has 0 spiro atoms. The highest BCUT2D eigenvalue weighted by Gasteiger charge is 2.29. The number of hydrogen-bond acceptors (Lipinski definition) is 4. The molecule has 1 N–H and O–H groups in total. The second kappa shape index (κ2) is 6.81. The molecule has 20 heavy (non-hydrogen) atoms. The van der Waals surface area contributed by atoms with Crippen molar-refractivity contribution in [3.8, 4) is 0 Å². The second-order valence-corrected chi connectivity index (χ2v) is 7.92. The third-order valence-electron chi connectivity index (χ3n) is 3.71. The summed E-state index contributed by atoms with van der Waals surface area (Å²) >= 11 is 2.06. The van der Waals surface area contributed by atoms with Gasteiger partial charge in [-0.1, -0.05) is 13.0 Å². The fourth-order valence-corrected chi connectivity index (χ4v) is 3.79. The lowest BCUT2D eigenvalue weighted by Crippen LogP contribution is -2.44. The largest absolute Gasteiger partial charge is 0.354 e. The molecule has 0 radical (unpaired) electrons. The van der Waals surface area contributed by atoms with Gasteiger partial charge in [-0.3, -0.25) is 0 Å². The molecule has 1 fully saturated rings. The van der Waals surface area contributed by atoms with Gasteiger partial charge in [-0.2, -0.15) is 11.8 Å². The van der Waals surface area contributed by atoms with E-state index in [1.54, 1.807) is 0 Å². The predicted octanol–water partition coefficient (Wildman–Crippen LogP) is 3.47. The normalized spacial score (nSPS) is 19.9. The molecule has 0 aliphatic carbocycles. The van der Waals surface area contributed by atoms with E-state index >= 15 is 0 Å². The highest BCUT2D eigenvalue weighted by molar-refractivity contribution is 8.00. The van der Waals surface area contributed by atoms with E-state index in [0.29, 0.717) is 10.8 Å². The van der Waals surface area contributed by atoms with Gasteiger partial charge < -0.3 is 10.2 Å². The van der Waals surface area contributed by atoms with Gasteiger partial charge in [0.15, 0.2) is 0 Å². The minimum atomic E-state index is 0.313. The van der Waals surface area contributed by atoms with Gasteiger partial charge in [0, 0.05) is 41.4 Å². The van der Waals surface area contributed by atoms with Crippen molar-refractivity contribution in [1.29, 1.82) is 0 Å². The van der Waals surface area contributed by atoms with Gasteiger partial charge in [0.25, 0.3) is 0 Å². The zero-order valence-corrected chi connectivity index (χ0v) is 14.0. The van der Waals surface area contributed by atoms with Crippen LogP contribution < -0.4 is 10.2 Å². The zero-order chi connectivity index (χ0) is 14.6. The van der Waals surface area contributed by atoms with E-state index in [1.165, 1.54) is 11.3 Å². The van der Waals surface area contributed by atoms with Crippen molar-refractivity contribution < 1.29 is 0 Å². The smallest absolute Gasteiger partial charge is 0.133 e. The highest BCUT2D eigenvalue weighted by atomic mass is 32.2. The summed E-state index contributed by atoms with van der Waals surface area (Å²) < 4.78 is 0.313. The zero-order valence-electron chi connectivity index (χ0n) is 13.1. The summed E-state index contributed by atoms with van der Waals surface area (Å²) in [6, 6.07) is 4.62. The SMILES string of the molecule is CCCNC(C)c1cccnc1N1CCSC(C)(C)C1. The van der Waals surface area contributed by atoms with Crippen LogP contribution in [0.2, 0.25) is 0 Å². The van der Waals surface area contributed by atoms with Crippen LogP contribution in [-0.4, -0.2) is 35.1 Å². The van der Waals surface area contributed by atoms with Crippen LogP contribution in [0.3, 0.4) is 0 Å². The number of nitrogens with zero attached hydrogens (tertiary/aromatic N) is 2. The second-order valence-electron chi connectivity index (χ2n) is 6.12. The molecule has 2 heterocycles. The molecule has 4 heteroatoms. The first-order valence-corrected chi connectivity index (χ1v) is 8.59. The quantitative estimate of drug-likeness (QED) is 0.900. The fraction of sp³-hybridized carbons (Fsp3) is 0.688. The van der Waals surface area contributed by atoms with Crippen molar-refractivity contribution in [2.45, 2.75) is 44.9 Å². The summed E-state index contributed by atoms with van der Waals surface area (Å²) in [6.07, 6.45) is 3.08. The van der Waals surface area contributed by atoms with E-state index in [-0.39, 0.29) is 0 Å². The number of nitrogens with one attached hydrogen (secondary N) is 1. The monoisotopic (exact) mass is 293 g/mol. The van der Waals surface area contributed by atoms with Crippen LogP contribution in [0.4, 0.5) is 5.82 Å². The summed E-state index contributed by atoms with van der Waals surface area (Å²) in [5.41, 5.74) is 1.32. The Morgan fingerprint density at radius 2 is 2.30 bits per heavy atom. The average molecular weight is 293 g/mol. The van der Waals surface area contributed by atoms with E-state index in [9.17, 15) is 0 Å². The van der Waals surface area contributed by atoms with Gasteiger partial charge in [0.1, 0.15) is 5.82 Å². The molecule has 1 unspecified atom stereocenters. The Hall–Kier alpha value is -0.740. The highest BCUT2D eigenvalue weighted by Crippen LogP contribution is 2.33. The molecule has 1 aliphatic rings. The standard InChI is InChI=1S/C16H27N3S/c1-5-8-17-13(2)14-7-6-9-18-15(14)19-10-11-20-16(3,4)12-19/h6-7,9,13,17H,5,8,10-12H2,1-4H3. The van der Waals surface area contributed by atoms with Gasteiger partial charge in [0.2, 0.25) is 0 Å². The van der Waals surface area contributed by atoms with Crippen LogP contribution in [0, 0.1) is 0 Å². The molecule has 0 bridgehead atoms. The molecule has 2 rings (SSSR count). The Bertz CT molecular complexity index is 433. The molecule has 0 aromatic carbocycles. The van der Waals surface area contributed by atoms with Crippen molar-refractivity contribution in [2.24, 2.45) is 0 Å². The lowest BCUT2D eigenvalue weighted by Gasteiger charge is -2.39. The van der Waals surface area contributed by atoms with Crippen molar-refractivity contribution in [3.05, 3.63) is 23.9 Å². The summed E-state index contributed by atoms with van der Waals surface area (Å²) in [4.78, 5) is 7.13. The third kappa shape index (κ3) is 3.89. The third-order valence-corrected chi connectivity index (χ3v) is 5.01. The first kappa shape index (κ1) is 15.6. The molecule has 112 valence electrons. The minimum Gasteiger partial charge on any atom is -0.354 e. The van der Waals surface area contributed by atoms with Gasteiger partial charge in [0.05, 0.1) is 0 Å². The van der Waals surface area contributed by atoms with Gasteiger partial charge in [-0.25, -0.2) is 4.98 Å². The number of anilines is 1. The van der Waals surface area contributed by atoms with Crippen LogP contribution in [0.1, 0.15) is 45.7 Å². The van der Waals surface area contributed by atoms with Crippen LogP contribution >= 0.6 is 11.8 Å². The molecule has 3 nitrogen and oxygen atoms in total. The maximum absolute atomic E-state index is 4.67. The Morgan fingerprint density at radius 1 is 1.50 bits per heavy atom. The van der Waals surface area contributed by atoms with Gasteiger partial charge in [-0.15, -0.1) is 0 Å². The Labute approximate surface area is 127 Å². The van der Waals surface area contributed by atoms with Crippen LogP contribution in [-0.2, 0) is 0 Å². The van der Waals surface area contributed by atoms with E-state index < -0.39 is 0 Å². The minimum absolute atomic E-state index is 0.313.